The van der Waals surface area contributed by atoms with E-state index in [-0.39, 0.29) is 48.9 Å². The van der Waals surface area contributed by atoms with E-state index in [1.807, 2.05) is 0 Å². The Kier molecular flexibility index (Phi) is 6.48. The van der Waals surface area contributed by atoms with Crippen molar-refractivity contribution in [1.82, 2.24) is 9.62 Å². The molecule has 0 spiro atoms. The van der Waals surface area contributed by atoms with Crippen LogP contribution in [0.25, 0.3) is 11.1 Å². The van der Waals surface area contributed by atoms with E-state index in [0.29, 0.717) is 6.07 Å². The molecule has 190 valence electrons. The molecule has 1 amide bonds. The average Bonchev–Trinajstić information content (AvgIpc) is 3.40. The smallest absolute Gasteiger partial charge is 0.254 e. The standard InChI is InChI=1S/C24H26F4N2O4S/c1-23(2,32)22(31)30-9-6-19(29-35(33,34)24(28)7-8-24)20(30)12-14-4-3-5-18(21(14)27)15-10-16(25)13-17(26)11-15/h3-5,10-11,13,19-20,29,32H,6-9,12H2,1-2H3/t19-,20-/m0/s1. The van der Waals surface area contributed by atoms with Gasteiger partial charge < -0.3 is 10.0 Å². The van der Waals surface area contributed by atoms with Gasteiger partial charge in [-0.2, -0.15) is 0 Å². The number of rotatable bonds is 7. The zero-order chi connectivity index (χ0) is 25.8. The quantitative estimate of drug-likeness (QED) is 0.555. The fraction of sp³-hybridized carbons (Fsp3) is 0.458. The number of hydrogen-bond acceptors (Lipinski definition) is 4. The zero-order valence-corrected chi connectivity index (χ0v) is 20.0. The molecule has 2 fully saturated rings. The Morgan fingerprint density at radius 3 is 2.37 bits per heavy atom. The predicted octanol–water partition coefficient (Wildman–Crippen LogP) is 3.43. The number of alkyl halides is 1. The van der Waals surface area contributed by atoms with Gasteiger partial charge in [-0.1, -0.05) is 18.2 Å². The predicted molar refractivity (Wildman–Crippen MR) is 121 cm³/mol. The molecule has 1 saturated heterocycles. The first kappa shape index (κ1) is 25.6. The molecule has 0 bridgehead atoms. The lowest BCUT2D eigenvalue weighted by molar-refractivity contribution is -0.148. The van der Waals surface area contributed by atoms with Crippen molar-refractivity contribution < 1.29 is 35.9 Å². The lowest BCUT2D eigenvalue weighted by atomic mass is 9.95. The first-order chi connectivity index (χ1) is 16.2. The summed E-state index contributed by atoms with van der Waals surface area (Å²) in [6.45, 7) is 2.63. The molecular weight excluding hydrogens is 488 g/mol. The van der Waals surface area contributed by atoms with Gasteiger partial charge in [0, 0.05) is 37.1 Å². The van der Waals surface area contributed by atoms with Crippen LogP contribution in [0, 0.1) is 17.5 Å². The number of hydrogen-bond donors (Lipinski definition) is 2. The molecule has 1 heterocycles. The molecule has 0 radical (unpaired) electrons. The minimum absolute atomic E-state index is 0.0250. The Bertz CT molecular complexity index is 1240. The van der Waals surface area contributed by atoms with Gasteiger partial charge in [0.25, 0.3) is 5.91 Å². The van der Waals surface area contributed by atoms with E-state index < -0.39 is 56.1 Å². The monoisotopic (exact) mass is 514 g/mol. The molecule has 4 rings (SSSR count). The van der Waals surface area contributed by atoms with E-state index >= 15 is 4.39 Å². The molecule has 1 saturated carbocycles. The third-order valence-electron chi connectivity index (χ3n) is 6.44. The summed E-state index contributed by atoms with van der Waals surface area (Å²) < 4.78 is 84.7. The van der Waals surface area contributed by atoms with Crippen LogP contribution in [-0.2, 0) is 21.2 Å². The number of halogens is 4. The lowest BCUT2D eigenvalue weighted by Crippen LogP contribution is -2.53. The molecule has 1 aliphatic heterocycles. The molecule has 2 aromatic rings. The van der Waals surface area contributed by atoms with Crippen LogP contribution in [-0.4, -0.2) is 53.6 Å². The fourth-order valence-corrected chi connectivity index (χ4v) is 5.94. The maximum absolute atomic E-state index is 15.5. The second-order valence-electron chi connectivity index (χ2n) is 9.67. The third-order valence-corrected chi connectivity index (χ3v) is 8.43. The number of aliphatic hydroxyl groups is 1. The number of nitrogens with zero attached hydrogens (tertiary/aromatic N) is 1. The highest BCUT2D eigenvalue weighted by Gasteiger charge is 2.57. The van der Waals surface area contributed by atoms with Crippen molar-refractivity contribution >= 4 is 15.9 Å². The highest BCUT2D eigenvalue weighted by Crippen LogP contribution is 2.45. The van der Waals surface area contributed by atoms with Crippen molar-refractivity contribution in [1.29, 1.82) is 0 Å². The van der Waals surface area contributed by atoms with Crippen LogP contribution in [0.1, 0.15) is 38.7 Å². The minimum atomic E-state index is -4.34. The molecule has 6 nitrogen and oxygen atoms in total. The van der Waals surface area contributed by atoms with Gasteiger partial charge in [0.2, 0.25) is 15.0 Å². The average molecular weight is 515 g/mol. The highest BCUT2D eigenvalue weighted by molar-refractivity contribution is 7.91. The van der Waals surface area contributed by atoms with E-state index in [1.54, 1.807) is 0 Å². The summed E-state index contributed by atoms with van der Waals surface area (Å²) in [6, 6.07) is 5.03. The number of likely N-dealkylation sites (tertiary alicyclic amines) is 1. The van der Waals surface area contributed by atoms with Gasteiger partial charge in [-0.3, -0.25) is 4.79 Å². The Morgan fingerprint density at radius 2 is 1.80 bits per heavy atom. The van der Waals surface area contributed by atoms with Crippen molar-refractivity contribution in [2.45, 2.75) is 62.2 Å². The molecule has 2 atom stereocenters. The summed E-state index contributed by atoms with van der Waals surface area (Å²) >= 11 is 0. The molecule has 2 aliphatic rings. The first-order valence-electron chi connectivity index (χ1n) is 11.2. The van der Waals surface area contributed by atoms with Gasteiger partial charge in [-0.05, 0) is 49.9 Å². The largest absolute Gasteiger partial charge is 0.381 e. The second kappa shape index (κ2) is 8.86. The van der Waals surface area contributed by atoms with Crippen molar-refractivity contribution in [2.75, 3.05) is 6.54 Å². The number of sulfonamides is 1. The van der Waals surface area contributed by atoms with E-state index in [4.69, 9.17) is 0 Å². The summed E-state index contributed by atoms with van der Waals surface area (Å²) in [5, 5.41) is 7.89. The molecule has 2 aromatic carbocycles. The Hall–Kier alpha value is -2.50. The van der Waals surface area contributed by atoms with Gasteiger partial charge in [-0.25, -0.2) is 30.7 Å². The zero-order valence-electron chi connectivity index (χ0n) is 19.2. The molecule has 2 N–H and O–H groups in total. The molecular formula is C24H26F4N2O4S. The van der Waals surface area contributed by atoms with Crippen molar-refractivity contribution in [2.24, 2.45) is 0 Å². The maximum atomic E-state index is 15.5. The van der Waals surface area contributed by atoms with Gasteiger partial charge in [0.15, 0.2) is 0 Å². The summed E-state index contributed by atoms with van der Waals surface area (Å²) in [4.78, 5) is 14.1. The SMILES string of the molecule is CC(C)(O)C(=O)N1CC[C@H](NS(=O)(=O)C2(F)CC2)[C@@H]1Cc1cccc(-c2cc(F)cc(F)c2)c1F. The van der Waals surface area contributed by atoms with Gasteiger partial charge in [0.1, 0.15) is 23.1 Å². The topological polar surface area (TPSA) is 86.7 Å². The van der Waals surface area contributed by atoms with Crippen LogP contribution < -0.4 is 4.72 Å². The molecule has 1 aliphatic carbocycles. The second-order valence-corrected chi connectivity index (χ2v) is 11.6. The van der Waals surface area contributed by atoms with Crippen LogP contribution in [0.15, 0.2) is 36.4 Å². The van der Waals surface area contributed by atoms with E-state index in [9.17, 15) is 31.5 Å². The summed E-state index contributed by atoms with van der Waals surface area (Å²) in [7, 11) is -4.34. The van der Waals surface area contributed by atoms with Gasteiger partial charge >= 0.3 is 0 Å². The van der Waals surface area contributed by atoms with Crippen LogP contribution in [0.4, 0.5) is 17.6 Å². The van der Waals surface area contributed by atoms with Gasteiger partial charge in [-0.15, -0.1) is 0 Å². The fourth-order valence-electron chi connectivity index (χ4n) is 4.41. The normalized spacial score (nSPS) is 21.9. The minimum Gasteiger partial charge on any atom is -0.381 e. The van der Waals surface area contributed by atoms with Crippen molar-refractivity contribution in [3.63, 3.8) is 0 Å². The molecule has 0 unspecified atom stereocenters. The van der Waals surface area contributed by atoms with E-state index in [1.165, 1.54) is 36.9 Å². The lowest BCUT2D eigenvalue weighted by Gasteiger charge is -2.33. The maximum Gasteiger partial charge on any atom is 0.254 e. The molecule has 35 heavy (non-hydrogen) atoms. The number of benzene rings is 2. The Balaban J connectivity index is 1.69. The first-order valence-corrected chi connectivity index (χ1v) is 12.7. The van der Waals surface area contributed by atoms with Crippen molar-refractivity contribution in [3.05, 3.63) is 59.4 Å². The van der Waals surface area contributed by atoms with Crippen LogP contribution >= 0.6 is 0 Å². The summed E-state index contributed by atoms with van der Waals surface area (Å²) in [6.07, 6.45) is -0.302. The molecule has 11 heteroatoms. The van der Waals surface area contributed by atoms with E-state index in [0.717, 1.165) is 12.1 Å². The Morgan fingerprint density at radius 1 is 1.17 bits per heavy atom. The number of nitrogens with one attached hydrogen (secondary N) is 1. The van der Waals surface area contributed by atoms with Crippen molar-refractivity contribution in [3.8, 4) is 11.1 Å². The summed E-state index contributed by atoms with van der Waals surface area (Å²) in [5.74, 6) is -3.23. The van der Waals surface area contributed by atoms with Crippen LogP contribution in [0.5, 0.6) is 0 Å². The van der Waals surface area contributed by atoms with Gasteiger partial charge in [0.05, 0.1) is 6.04 Å². The Labute approximate surface area is 201 Å². The number of carbonyl (C=O) groups is 1. The highest BCUT2D eigenvalue weighted by atomic mass is 32.2. The van der Waals surface area contributed by atoms with Crippen LogP contribution in [0.3, 0.4) is 0 Å². The number of amides is 1. The summed E-state index contributed by atoms with van der Waals surface area (Å²) in [5.41, 5.74) is -1.80. The number of carbonyl (C=O) groups excluding carboxylic acids is 1. The molecule has 0 aromatic heterocycles. The van der Waals surface area contributed by atoms with E-state index in [2.05, 4.69) is 4.72 Å². The third kappa shape index (κ3) is 5.07. The van der Waals surface area contributed by atoms with Crippen LogP contribution in [0.2, 0.25) is 0 Å².